The third-order valence-electron chi connectivity index (χ3n) is 4.65. The normalized spacial score (nSPS) is 13.7. The number of hydrogen-bond acceptors (Lipinski definition) is 7. The molecule has 1 aliphatic rings. The van der Waals surface area contributed by atoms with Crippen molar-refractivity contribution < 1.29 is 14.3 Å². The lowest BCUT2D eigenvalue weighted by atomic mass is 10.1. The molecule has 0 unspecified atom stereocenters. The zero-order valence-electron chi connectivity index (χ0n) is 17.9. The molecule has 0 saturated heterocycles. The molecule has 31 heavy (non-hydrogen) atoms. The molecule has 1 aliphatic carbocycles. The largest absolute Gasteiger partial charge is 0.444 e. The third kappa shape index (κ3) is 5.11. The topological polar surface area (TPSA) is 105 Å². The zero-order valence-corrected chi connectivity index (χ0v) is 18.7. The van der Waals surface area contributed by atoms with E-state index in [1.807, 2.05) is 13.0 Å². The minimum absolute atomic E-state index is 0.264. The van der Waals surface area contributed by atoms with E-state index in [1.54, 1.807) is 38.3 Å². The van der Waals surface area contributed by atoms with E-state index in [4.69, 9.17) is 4.74 Å². The van der Waals surface area contributed by atoms with E-state index < -0.39 is 11.7 Å². The summed E-state index contributed by atoms with van der Waals surface area (Å²) in [6.45, 7) is 7.29. The summed E-state index contributed by atoms with van der Waals surface area (Å²) in [6, 6.07) is 5.76. The predicted octanol–water partition coefficient (Wildman–Crippen LogP) is 5.17. The molecule has 3 N–H and O–H groups in total. The second-order valence-corrected chi connectivity index (χ2v) is 9.46. The van der Waals surface area contributed by atoms with E-state index in [1.165, 1.54) is 17.7 Å². The fourth-order valence-electron chi connectivity index (χ4n) is 2.98. The SMILES string of the molecule is Cc1ccc(NC(=O)OC(C)(C)C)cc1NC(=O)c1csc2c(NC3CC3)ncnc12. The minimum Gasteiger partial charge on any atom is -0.444 e. The summed E-state index contributed by atoms with van der Waals surface area (Å²) in [5.74, 6) is 0.510. The van der Waals surface area contributed by atoms with Crippen molar-refractivity contribution in [3.63, 3.8) is 0 Å². The lowest BCUT2D eigenvalue weighted by molar-refractivity contribution is 0.0636. The van der Waals surface area contributed by atoms with Crippen molar-refractivity contribution in [3.05, 3.63) is 41.0 Å². The molecule has 0 atom stereocenters. The summed E-state index contributed by atoms with van der Waals surface area (Å²) < 4.78 is 6.16. The molecule has 0 aliphatic heterocycles. The first-order valence-electron chi connectivity index (χ1n) is 10.1. The van der Waals surface area contributed by atoms with Crippen LogP contribution in [0.15, 0.2) is 29.9 Å². The van der Waals surface area contributed by atoms with Crippen molar-refractivity contribution >= 4 is 50.7 Å². The number of nitrogens with zero attached hydrogens (tertiary/aromatic N) is 2. The number of hydrogen-bond donors (Lipinski definition) is 3. The Balaban J connectivity index is 1.52. The van der Waals surface area contributed by atoms with Crippen LogP contribution < -0.4 is 16.0 Å². The Hall–Kier alpha value is -3.20. The summed E-state index contributed by atoms with van der Waals surface area (Å²) in [5, 5.41) is 10.8. The molecule has 1 fully saturated rings. The zero-order chi connectivity index (χ0) is 22.2. The second-order valence-electron chi connectivity index (χ2n) is 8.58. The van der Waals surface area contributed by atoms with Gasteiger partial charge >= 0.3 is 6.09 Å². The monoisotopic (exact) mass is 439 g/mol. The van der Waals surface area contributed by atoms with E-state index in [0.29, 0.717) is 28.5 Å². The number of aromatic nitrogens is 2. The fourth-order valence-corrected chi connectivity index (χ4v) is 3.93. The van der Waals surface area contributed by atoms with E-state index in [0.717, 1.165) is 28.9 Å². The van der Waals surface area contributed by atoms with Gasteiger partial charge in [0, 0.05) is 22.8 Å². The van der Waals surface area contributed by atoms with Crippen LogP contribution in [0.5, 0.6) is 0 Å². The van der Waals surface area contributed by atoms with Gasteiger partial charge in [-0.05, 0) is 58.2 Å². The molecule has 162 valence electrons. The molecule has 3 aromatic rings. The highest BCUT2D eigenvalue weighted by Gasteiger charge is 2.24. The highest BCUT2D eigenvalue weighted by atomic mass is 32.1. The molecule has 1 aromatic carbocycles. The Morgan fingerprint density at radius 2 is 1.94 bits per heavy atom. The highest BCUT2D eigenvalue weighted by Crippen LogP contribution is 2.33. The molecule has 2 amide bonds. The molecular weight excluding hydrogens is 414 g/mol. The number of benzene rings is 1. The standard InChI is InChI=1S/C22H25N5O3S/c1-12-5-6-14(26-21(29)30-22(2,3)4)9-16(12)27-20(28)15-10-31-18-17(15)23-11-24-19(18)25-13-7-8-13/h5-6,9-11,13H,7-8H2,1-4H3,(H,26,29)(H,27,28)(H,23,24,25). The first-order valence-corrected chi connectivity index (χ1v) is 11.0. The molecule has 0 bridgehead atoms. The smallest absolute Gasteiger partial charge is 0.412 e. The van der Waals surface area contributed by atoms with Gasteiger partial charge in [-0.15, -0.1) is 11.3 Å². The van der Waals surface area contributed by atoms with Crippen molar-refractivity contribution in [2.75, 3.05) is 16.0 Å². The molecule has 0 spiro atoms. The van der Waals surface area contributed by atoms with Gasteiger partial charge in [-0.1, -0.05) is 6.07 Å². The van der Waals surface area contributed by atoms with E-state index >= 15 is 0 Å². The highest BCUT2D eigenvalue weighted by molar-refractivity contribution is 7.18. The van der Waals surface area contributed by atoms with Gasteiger partial charge in [-0.25, -0.2) is 14.8 Å². The van der Waals surface area contributed by atoms with Crippen LogP contribution in [0.25, 0.3) is 10.2 Å². The summed E-state index contributed by atoms with van der Waals surface area (Å²) in [4.78, 5) is 33.7. The maximum atomic E-state index is 13.0. The summed E-state index contributed by atoms with van der Waals surface area (Å²) >= 11 is 1.45. The van der Waals surface area contributed by atoms with Gasteiger partial charge in [0.05, 0.1) is 15.8 Å². The third-order valence-corrected chi connectivity index (χ3v) is 5.62. The van der Waals surface area contributed by atoms with E-state index in [2.05, 4.69) is 25.9 Å². The number of carbonyl (C=O) groups is 2. The average Bonchev–Trinajstić information content (AvgIpc) is 3.38. The number of rotatable bonds is 5. The number of nitrogens with one attached hydrogen (secondary N) is 3. The average molecular weight is 440 g/mol. The van der Waals surface area contributed by atoms with Crippen molar-refractivity contribution in [2.24, 2.45) is 0 Å². The molecule has 8 nitrogen and oxygen atoms in total. The van der Waals surface area contributed by atoms with Crippen LogP contribution in [-0.4, -0.2) is 33.6 Å². The van der Waals surface area contributed by atoms with Crippen LogP contribution in [0.4, 0.5) is 22.0 Å². The van der Waals surface area contributed by atoms with Crippen molar-refractivity contribution in [1.29, 1.82) is 0 Å². The van der Waals surface area contributed by atoms with Gasteiger partial charge in [-0.2, -0.15) is 0 Å². The summed E-state index contributed by atoms with van der Waals surface area (Å²) in [6.07, 6.45) is 3.20. The Morgan fingerprint density at radius 1 is 1.16 bits per heavy atom. The Labute approximate surface area is 184 Å². The predicted molar refractivity (Wildman–Crippen MR) is 123 cm³/mol. The molecule has 4 rings (SSSR count). The fraction of sp³-hybridized carbons (Fsp3) is 0.364. The van der Waals surface area contributed by atoms with Crippen LogP contribution in [0.2, 0.25) is 0 Å². The lowest BCUT2D eigenvalue weighted by Gasteiger charge is -2.20. The van der Waals surface area contributed by atoms with E-state index in [9.17, 15) is 9.59 Å². The number of thiophene rings is 1. The van der Waals surface area contributed by atoms with E-state index in [-0.39, 0.29) is 5.91 Å². The first kappa shape index (κ1) is 21.0. The molecule has 2 aromatic heterocycles. The second kappa shape index (κ2) is 8.14. The molecule has 1 saturated carbocycles. The quantitative estimate of drug-likeness (QED) is 0.506. The van der Waals surface area contributed by atoms with Gasteiger partial charge in [0.1, 0.15) is 17.7 Å². The maximum Gasteiger partial charge on any atom is 0.412 e. The molecule has 0 radical (unpaired) electrons. The Morgan fingerprint density at radius 3 is 2.65 bits per heavy atom. The van der Waals surface area contributed by atoms with Gasteiger partial charge < -0.3 is 15.4 Å². The molecule has 2 heterocycles. The number of anilines is 3. The van der Waals surface area contributed by atoms with Crippen LogP contribution in [0.1, 0.15) is 49.5 Å². The molecule has 9 heteroatoms. The number of aryl methyl sites for hydroxylation is 1. The van der Waals surface area contributed by atoms with Crippen LogP contribution in [-0.2, 0) is 4.74 Å². The van der Waals surface area contributed by atoms with Gasteiger partial charge in [-0.3, -0.25) is 10.1 Å². The summed E-state index contributed by atoms with van der Waals surface area (Å²) in [5.41, 5.74) is 2.52. The molecular formula is C22H25N5O3S. The number of ether oxygens (including phenoxy) is 1. The minimum atomic E-state index is -0.596. The number of amides is 2. The van der Waals surface area contributed by atoms with Crippen LogP contribution >= 0.6 is 11.3 Å². The number of fused-ring (bicyclic) bond motifs is 1. The van der Waals surface area contributed by atoms with Crippen LogP contribution in [0, 0.1) is 6.92 Å². The van der Waals surface area contributed by atoms with Crippen molar-refractivity contribution in [1.82, 2.24) is 9.97 Å². The number of carbonyl (C=O) groups excluding carboxylic acids is 2. The maximum absolute atomic E-state index is 13.0. The Bertz CT molecular complexity index is 1150. The van der Waals surface area contributed by atoms with Gasteiger partial charge in [0.15, 0.2) is 0 Å². The summed E-state index contributed by atoms with van der Waals surface area (Å²) in [7, 11) is 0. The van der Waals surface area contributed by atoms with Gasteiger partial charge in [0.2, 0.25) is 0 Å². The van der Waals surface area contributed by atoms with Crippen molar-refractivity contribution in [2.45, 2.75) is 52.2 Å². The lowest BCUT2D eigenvalue weighted by Crippen LogP contribution is -2.27. The first-order chi connectivity index (χ1) is 14.7. The van der Waals surface area contributed by atoms with Crippen molar-refractivity contribution in [3.8, 4) is 0 Å². The van der Waals surface area contributed by atoms with Gasteiger partial charge in [0.25, 0.3) is 5.91 Å². The Kier molecular flexibility index (Phi) is 5.53. The van der Waals surface area contributed by atoms with Crippen LogP contribution in [0.3, 0.4) is 0 Å².